The predicted octanol–water partition coefficient (Wildman–Crippen LogP) is 14.0. The highest BCUT2D eigenvalue weighted by atomic mass is 16.1. The van der Waals surface area contributed by atoms with Crippen LogP contribution in [-0.2, 0) is 17.6 Å². The molecule has 1 aromatic rings. The molecule has 0 N–H and O–H groups in total. The Balaban J connectivity index is -0.000000309. The van der Waals surface area contributed by atoms with E-state index in [9.17, 15) is 4.79 Å². The van der Waals surface area contributed by atoms with Gasteiger partial charge in [-0.1, -0.05) is 154 Å². The first-order valence-electron chi connectivity index (χ1n) is 15.1. The lowest BCUT2D eigenvalue weighted by Crippen LogP contribution is -2.17. The lowest BCUT2D eigenvalue weighted by molar-refractivity contribution is -0.117. The Bertz CT molecular complexity index is 580. The van der Waals surface area contributed by atoms with E-state index in [1.165, 1.54) is 103 Å². The zero-order chi connectivity index (χ0) is 24.6. The van der Waals surface area contributed by atoms with Crippen molar-refractivity contribution in [1.82, 2.24) is 0 Å². The third-order valence-corrected chi connectivity index (χ3v) is 8.54. The summed E-state index contributed by atoms with van der Waals surface area (Å²) in [4.78, 5) is 10.0. The molecule has 1 aromatic carbocycles. The zero-order valence-electron chi connectivity index (χ0n) is 23.3. The fraction of sp³-hybridized carbons (Fsp3) is 0.821. The molecule has 0 heterocycles. The van der Waals surface area contributed by atoms with E-state index in [4.69, 9.17) is 0 Å². The summed E-state index contributed by atoms with van der Waals surface area (Å²) < 4.78 is 0. The Labute approximate surface area is 257 Å². The molecule has 0 amide bonds. The van der Waals surface area contributed by atoms with Crippen LogP contribution in [0.4, 0.5) is 0 Å². The Kier molecular flexibility index (Phi) is 35.7. The SMILES string of the molecule is C.C.C.C.C.C.CCCC(C)=O.CCCCC1CCC(Cc2ccc(CC3CCC(CCCC)CC3)cc2)CC1. The highest BCUT2D eigenvalue weighted by Crippen LogP contribution is 2.35. The molecule has 2 fully saturated rings. The summed E-state index contributed by atoms with van der Waals surface area (Å²) in [6.07, 6.45) is 24.8. The van der Waals surface area contributed by atoms with Crippen molar-refractivity contribution < 1.29 is 4.79 Å². The number of carbonyl (C=O) groups excluding carboxylic acids is 1. The van der Waals surface area contributed by atoms with E-state index in [0.29, 0.717) is 0 Å². The Morgan fingerprint density at radius 1 is 0.550 bits per heavy atom. The van der Waals surface area contributed by atoms with Gasteiger partial charge in [0.15, 0.2) is 0 Å². The molecule has 0 bridgehead atoms. The molecule has 0 unspecified atom stereocenters. The van der Waals surface area contributed by atoms with E-state index in [1.54, 1.807) is 18.1 Å². The van der Waals surface area contributed by atoms with E-state index in [-0.39, 0.29) is 50.3 Å². The lowest BCUT2D eigenvalue weighted by Gasteiger charge is -2.29. The van der Waals surface area contributed by atoms with Crippen molar-refractivity contribution in [2.45, 2.75) is 188 Å². The number of carbonyl (C=O) groups is 1. The van der Waals surface area contributed by atoms with Gasteiger partial charge in [0.1, 0.15) is 5.78 Å². The average molecular weight is 565 g/mol. The number of ketones is 1. The van der Waals surface area contributed by atoms with Crippen LogP contribution in [0.25, 0.3) is 0 Å². The van der Waals surface area contributed by atoms with Crippen LogP contribution in [0, 0.1) is 23.7 Å². The van der Waals surface area contributed by atoms with Crippen LogP contribution >= 0.6 is 0 Å². The topological polar surface area (TPSA) is 17.1 Å². The number of hydrogen-bond donors (Lipinski definition) is 0. The molecule has 0 spiro atoms. The van der Waals surface area contributed by atoms with Crippen LogP contribution in [0.1, 0.15) is 186 Å². The summed E-state index contributed by atoms with van der Waals surface area (Å²) in [5, 5.41) is 0. The van der Waals surface area contributed by atoms with Crippen molar-refractivity contribution >= 4 is 5.78 Å². The third kappa shape index (κ3) is 20.7. The molecule has 242 valence electrons. The van der Waals surface area contributed by atoms with E-state index in [1.807, 2.05) is 6.92 Å². The molecule has 1 heteroatoms. The first-order chi connectivity index (χ1) is 16.5. The molecule has 0 radical (unpaired) electrons. The number of benzene rings is 1. The zero-order valence-corrected chi connectivity index (χ0v) is 23.3. The fourth-order valence-electron chi connectivity index (χ4n) is 6.26. The number of hydrogen-bond acceptors (Lipinski definition) is 1. The van der Waals surface area contributed by atoms with Crippen LogP contribution in [0.15, 0.2) is 24.3 Å². The number of Topliss-reactive ketones (excluding diaryl/α,β-unsaturated/α-hetero) is 1. The Morgan fingerprint density at radius 3 is 1.07 bits per heavy atom. The molecule has 2 saturated carbocycles. The largest absolute Gasteiger partial charge is 0.300 e. The Morgan fingerprint density at radius 2 is 0.850 bits per heavy atom. The van der Waals surface area contributed by atoms with Gasteiger partial charge in [-0.25, -0.2) is 0 Å². The van der Waals surface area contributed by atoms with Gasteiger partial charge >= 0.3 is 0 Å². The van der Waals surface area contributed by atoms with Gasteiger partial charge in [0.2, 0.25) is 0 Å². The highest BCUT2D eigenvalue weighted by Gasteiger charge is 2.22. The van der Waals surface area contributed by atoms with E-state index in [2.05, 4.69) is 38.1 Å². The van der Waals surface area contributed by atoms with Crippen LogP contribution in [0.5, 0.6) is 0 Å². The van der Waals surface area contributed by atoms with Crippen molar-refractivity contribution in [2.24, 2.45) is 23.7 Å². The van der Waals surface area contributed by atoms with Gasteiger partial charge in [0.25, 0.3) is 0 Å². The number of unbranched alkanes of at least 4 members (excludes halogenated alkanes) is 2. The van der Waals surface area contributed by atoms with Gasteiger partial charge in [-0.2, -0.15) is 0 Å². The van der Waals surface area contributed by atoms with Gasteiger partial charge in [-0.05, 0) is 86.7 Å². The van der Waals surface area contributed by atoms with Crippen molar-refractivity contribution in [1.29, 1.82) is 0 Å². The predicted molar refractivity (Wildman–Crippen MR) is 190 cm³/mol. The van der Waals surface area contributed by atoms with Gasteiger partial charge in [0, 0.05) is 6.42 Å². The summed E-state index contributed by atoms with van der Waals surface area (Å²) >= 11 is 0. The molecule has 2 aliphatic rings. The minimum Gasteiger partial charge on any atom is -0.300 e. The lowest BCUT2D eigenvalue weighted by atomic mass is 9.77. The minimum absolute atomic E-state index is 0. The molecule has 3 rings (SSSR count). The second kappa shape index (κ2) is 29.4. The third-order valence-electron chi connectivity index (χ3n) is 8.54. The highest BCUT2D eigenvalue weighted by molar-refractivity contribution is 5.75. The second-order valence-corrected chi connectivity index (χ2v) is 11.7. The van der Waals surface area contributed by atoms with E-state index in [0.717, 1.165) is 36.5 Å². The molecule has 2 aliphatic carbocycles. The maximum Gasteiger partial charge on any atom is 0.129 e. The first-order valence-corrected chi connectivity index (χ1v) is 15.1. The number of rotatable bonds is 12. The van der Waals surface area contributed by atoms with Crippen LogP contribution in [0.2, 0.25) is 0 Å². The monoisotopic (exact) mass is 565 g/mol. The van der Waals surface area contributed by atoms with E-state index >= 15 is 0 Å². The summed E-state index contributed by atoms with van der Waals surface area (Å²) in [5.41, 5.74) is 3.17. The standard InChI is InChI=1S/C28H46.C5H10O.6CH4/c1-3-5-7-23-9-13-25(14-10-23)21-27-17-19-28(20-18-27)22-26-15-11-24(12-16-26)8-6-4-2;1-3-4-5(2)6;;;;;;/h17-20,23-26H,3-16,21-22H2,1-2H3;3-4H2,1-2H3;6*1H4. The summed E-state index contributed by atoms with van der Waals surface area (Å²) in [7, 11) is 0. The molecule has 0 saturated heterocycles. The van der Waals surface area contributed by atoms with Crippen LogP contribution < -0.4 is 0 Å². The minimum atomic E-state index is 0. The maximum absolute atomic E-state index is 10.0. The molecule has 1 nitrogen and oxygen atoms in total. The van der Waals surface area contributed by atoms with Crippen molar-refractivity contribution in [3.8, 4) is 0 Å². The smallest absolute Gasteiger partial charge is 0.129 e. The summed E-state index contributed by atoms with van der Waals surface area (Å²) in [6.45, 7) is 8.27. The molecular formula is C39H80O. The second-order valence-electron chi connectivity index (χ2n) is 11.7. The van der Waals surface area contributed by atoms with Gasteiger partial charge < -0.3 is 4.79 Å². The van der Waals surface area contributed by atoms with E-state index < -0.39 is 0 Å². The fourth-order valence-corrected chi connectivity index (χ4v) is 6.26. The van der Waals surface area contributed by atoms with Crippen LogP contribution in [0.3, 0.4) is 0 Å². The Hall–Kier alpha value is -1.11. The quantitative estimate of drug-likeness (QED) is 0.247. The maximum atomic E-state index is 10.0. The molecule has 0 aliphatic heterocycles. The van der Waals surface area contributed by atoms with Gasteiger partial charge in [-0.3, -0.25) is 0 Å². The van der Waals surface area contributed by atoms with Crippen LogP contribution in [-0.4, -0.2) is 5.78 Å². The molecule has 0 aromatic heterocycles. The first kappa shape index (κ1) is 48.6. The summed E-state index contributed by atoms with van der Waals surface area (Å²) in [5.74, 6) is 4.26. The molecule has 0 atom stereocenters. The normalized spacial score (nSPS) is 21.1. The van der Waals surface area contributed by atoms with Gasteiger partial charge in [-0.15, -0.1) is 0 Å². The average Bonchev–Trinajstić information content (AvgIpc) is 2.85. The van der Waals surface area contributed by atoms with Crippen molar-refractivity contribution in [2.75, 3.05) is 0 Å². The van der Waals surface area contributed by atoms with Crippen molar-refractivity contribution in [3.05, 3.63) is 35.4 Å². The van der Waals surface area contributed by atoms with Gasteiger partial charge in [0.05, 0.1) is 0 Å². The summed E-state index contributed by atoms with van der Waals surface area (Å²) in [6, 6.07) is 9.80. The molecular weight excluding hydrogens is 484 g/mol. The molecule has 40 heavy (non-hydrogen) atoms. The van der Waals surface area contributed by atoms with Crippen molar-refractivity contribution in [3.63, 3.8) is 0 Å².